The Hall–Kier alpha value is -1.30. The van der Waals surface area contributed by atoms with Crippen molar-refractivity contribution in [1.29, 1.82) is 0 Å². The molecule has 0 unspecified atom stereocenters. The highest BCUT2D eigenvalue weighted by molar-refractivity contribution is 5.79. The first kappa shape index (κ1) is 11.2. The van der Waals surface area contributed by atoms with Crippen LogP contribution in [0.25, 0.3) is 0 Å². The van der Waals surface area contributed by atoms with Crippen molar-refractivity contribution in [2.24, 2.45) is 5.92 Å². The molecule has 2 fully saturated rings. The molecule has 2 amide bonds. The summed E-state index contributed by atoms with van der Waals surface area (Å²) in [7, 11) is 0. The third-order valence-corrected chi connectivity index (χ3v) is 3.11. The summed E-state index contributed by atoms with van der Waals surface area (Å²) in [6.45, 7) is 3.97. The van der Waals surface area contributed by atoms with E-state index in [1.807, 2.05) is 0 Å². The molecule has 0 aromatic carbocycles. The van der Waals surface area contributed by atoms with Crippen molar-refractivity contribution in [2.75, 3.05) is 39.3 Å². The molecule has 0 aromatic rings. The molecule has 0 bridgehead atoms. The Balaban J connectivity index is 1.81. The van der Waals surface area contributed by atoms with Gasteiger partial charge in [-0.3, -0.25) is 4.79 Å². The first-order valence-corrected chi connectivity index (χ1v) is 5.66. The smallest absolute Gasteiger partial charge is 0.320 e. The number of aliphatic carboxylic acids is 1. The van der Waals surface area contributed by atoms with E-state index in [-0.39, 0.29) is 11.9 Å². The summed E-state index contributed by atoms with van der Waals surface area (Å²) in [5, 5.41) is 12.0. The molecule has 0 atom stereocenters. The van der Waals surface area contributed by atoms with Gasteiger partial charge in [-0.25, -0.2) is 4.79 Å². The maximum atomic E-state index is 11.9. The molecule has 2 aliphatic heterocycles. The quantitative estimate of drug-likeness (QED) is 0.628. The Morgan fingerprint density at radius 3 is 2.56 bits per heavy atom. The Labute approximate surface area is 94.2 Å². The molecule has 16 heavy (non-hydrogen) atoms. The fraction of sp³-hybridized carbons (Fsp3) is 0.800. The largest absolute Gasteiger partial charge is 0.481 e. The van der Waals surface area contributed by atoms with Gasteiger partial charge >= 0.3 is 12.0 Å². The van der Waals surface area contributed by atoms with E-state index in [4.69, 9.17) is 5.11 Å². The Morgan fingerprint density at radius 1 is 1.12 bits per heavy atom. The molecule has 2 saturated heterocycles. The minimum absolute atomic E-state index is 0.0128. The highest BCUT2D eigenvalue weighted by Gasteiger charge is 2.37. The number of hydrogen-bond donors (Lipinski definition) is 2. The molecule has 2 rings (SSSR count). The number of amides is 2. The summed E-state index contributed by atoms with van der Waals surface area (Å²) in [6.07, 6.45) is 0.960. The molecule has 2 aliphatic rings. The lowest BCUT2D eigenvalue weighted by atomic mass is 10.0. The van der Waals surface area contributed by atoms with Gasteiger partial charge in [0.15, 0.2) is 0 Å². The zero-order valence-corrected chi connectivity index (χ0v) is 9.19. The molecule has 6 heteroatoms. The van der Waals surface area contributed by atoms with E-state index in [0.717, 1.165) is 26.1 Å². The monoisotopic (exact) mass is 227 g/mol. The number of hydrogen-bond acceptors (Lipinski definition) is 3. The number of urea groups is 1. The van der Waals surface area contributed by atoms with E-state index in [0.29, 0.717) is 19.6 Å². The van der Waals surface area contributed by atoms with Gasteiger partial charge in [-0.1, -0.05) is 0 Å². The molecular formula is C10H17N3O3. The van der Waals surface area contributed by atoms with Crippen LogP contribution in [0.5, 0.6) is 0 Å². The van der Waals surface area contributed by atoms with Crippen molar-refractivity contribution in [3.63, 3.8) is 0 Å². The average molecular weight is 227 g/mol. The van der Waals surface area contributed by atoms with E-state index < -0.39 is 5.97 Å². The molecule has 0 saturated carbocycles. The number of carbonyl (C=O) groups is 2. The third-order valence-electron chi connectivity index (χ3n) is 3.11. The number of nitrogens with one attached hydrogen (secondary N) is 1. The van der Waals surface area contributed by atoms with Gasteiger partial charge in [0.2, 0.25) is 0 Å². The predicted octanol–water partition coefficient (Wildman–Crippen LogP) is -0.582. The van der Waals surface area contributed by atoms with Crippen LogP contribution in [0, 0.1) is 5.92 Å². The van der Waals surface area contributed by atoms with Crippen LogP contribution in [0.1, 0.15) is 6.42 Å². The first-order valence-electron chi connectivity index (χ1n) is 5.66. The van der Waals surface area contributed by atoms with Crippen molar-refractivity contribution in [2.45, 2.75) is 6.42 Å². The fourth-order valence-corrected chi connectivity index (χ4v) is 2.03. The van der Waals surface area contributed by atoms with Gasteiger partial charge in [-0.2, -0.15) is 0 Å². The molecule has 6 nitrogen and oxygen atoms in total. The standard InChI is InChI=1S/C10H17N3O3/c14-9(15)8-6-13(7-8)10(16)12-4-1-2-11-3-5-12/h8,11H,1-7H2,(H,14,15). The van der Waals surface area contributed by atoms with Gasteiger partial charge in [0.05, 0.1) is 5.92 Å². The number of carboxylic acids is 1. The van der Waals surface area contributed by atoms with Crippen LogP contribution in [0.4, 0.5) is 4.79 Å². The minimum atomic E-state index is -0.804. The number of carboxylic acid groups (broad SMARTS) is 1. The van der Waals surface area contributed by atoms with Crippen LogP contribution in [0.3, 0.4) is 0 Å². The van der Waals surface area contributed by atoms with Gasteiger partial charge in [0, 0.05) is 32.7 Å². The Kier molecular flexibility index (Phi) is 3.28. The molecule has 0 spiro atoms. The van der Waals surface area contributed by atoms with Crippen LogP contribution in [-0.4, -0.2) is 66.2 Å². The number of nitrogens with zero attached hydrogens (tertiary/aromatic N) is 2. The zero-order chi connectivity index (χ0) is 11.5. The van der Waals surface area contributed by atoms with E-state index in [1.165, 1.54) is 0 Å². The Morgan fingerprint density at radius 2 is 1.88 bits per heavy atom. The van der Waals surface area contributed by atoms with Crippen LogP contribution in [0.2, 0.25) is 0 Å². The fourth-order valence-electron chi connectivity index (χ4n) is 2.03. The summed E-state index contributed by atoms with van der Waals surface area (Å²) >= 11 is 0. The summed E-state index contributed by atoms with van der Waals surface area (Å²) in [5.74, 6) is -1.17. The lowest BCUT2D eigenvalue weighted by Gasteiger charge is -2.39. The molecule has 0 radical (unpaired) electrons. The summed E-state index contributed by atoms with van der Waals surface area (Å²) < 4.78 is 0. The second-order valence-corrected chi connectivity index (χ2v) is 4.31. The maximum Gasteiger partial charge on any atom is 0.320 e. The highest BCUT2D eigenvalue weighted by Crippen LogP contribution is 2.17. The summed E-state index contributed by atoms with van der Waals surface area (Å²) in [5.41, 5.74) is 0. The van der Waals surface area contributed by atoms with Crippen molar-refractivity contribution in [3.8, 4) is 0 Å². The lowest BCUT2D eigenvalue weighted by molar-refractivity contribution is -0.146. The van der Waals surface area contributed by atoms with Gasteiger partial charge in [-0.05, 0) is 13.0 Å². The normalized spacial score (nSPS) is 22.5. The molecule has 2 heterocycles. The third kappa shape index (κ3) is 2.27. The molecular weight excluding hydrogens is 210 g/mol. The van der Waals surface area contributed by atoms with Gasteiger partial charge in [0.1, 0.15) is 0 Å². The first-order chi connectivity index (χ1) is 7.68. The maximum absolute atomic E-state index is 11.9. The van der Waals surface area contributed by atoms with E-state index in [2.05, 4.69) is 5.32 Å². The highest BCUT2D eigenvalue weighted by atomic mass is 16.4. The number of rotatable bonds is 1. The second-order valence-electron chi connectivity index (χ2n) is 4.31. The molecule has 0 aliphatic carbocycles. The van der Waals surface area contributed by atoms with Crippen molar-refractivity contribution in [3.05, 3.63) is 0 Å². The SMILES string of the molecule is O=C(O)C1CN(C(=O)N2CCCNCC2)C1. The van der Waals surface area contributed by atoms with E-state index >= 15 is 0 Å². The Bertz CT molecular complexity index is 281. The van der Waals surface area contributed by atoms with Crippen molar-refractivity contribution < 1.29 is 14.7 Å². The van der Waals surface area contributed by atoms with Crippen LogP contribution in [-0.2, 0) is 4.79 Å². The number of carbonyl (C=O) groups excluding carboxylic acids is 1. The molecule has 90 valence electrons. The molecule has 2 N–H and O–H groups in total. The zero-order valence-electron chi connectivity index (χ0n) is 9.19. The predicted molar refractivity (Wildman–Crippen MR) is 57.2 cm³/mol. The second kappa shape index (κ2) is 4.69. The summed E-state index contributed by atoms with van der Waals surface area (Å²) in [4.78, 5) is 26.0. The topological polar surface area (TPSA) is 72.9 Å². The minimum Gasteiger partial charge on any atom is -0.481 e. The van der Waals surface area contributed by atoms with Crippen LogP contribution < -0.4 is 5.32 Å². The average Bonchev–Trinajstić information content (AvgIpc) is 2.42. The van der Waals surface area contributed by atoms with E-state index in [1.54, 1.807) is 9.80 Å². The number of likely N-dealkylation sites (tertiary alicyclic amines) is 1. The lowest BCUT2D eigenvalue weighted by Crippen LogP contribution is -2.57. The van der Waals surface area contributed by atoms with Crippen molar-refractivity contribution in [1.82, 2.24) is 15.1 Å². The summed E-state index contributed by atoms with van der Waals surface area (Å²) in [6, 6.07) is -0.0128. The van der Waals surface area contributed by atoms with Gasteiger partial charge in [-0.15, -0.1) is 0 Å². The van der Waals surface area contributed by atoms with E-state index in [9.17, 15) is 9.59 Å². The van der Waals surface area contributed by atoms with Crippen LogP contribution in [0.15, 0.2) is 0 Å². The molecule has 0 aromatic heterocycles. The van der Waals surface area contributed by atoms with Crippen LogP contribution >= 0.6 is 0 Å². The van der Waals surface area contributed by atoms with Gasteiger partial charge < -0.3 is 20.2 Å². The van der Waals surface area contributed by atoms with Gasteiger partial charge in [0.25, 0.3) is 0 Å². The van der Waals surface area contributed by atoms with Crippen molar-refractivity contribution >= 4 is 12.0 Å².